The molecule has 0 unspecified atom stereocenters. The van der Waals surface area contributed by atoms with Crippen molar-refractivity contribution < 1.29 is 9.59 Å². The number of aromatic nitrogens is 3. The molecule has 1 aliphatic heterocycles. The standard InChI is InChI=1S/C27H33N5O2/c1-5-15-31(23-13-16-30(17-14-23)26(33)22-9-7-6-8-10-22)27(34)25-21(4)28-32(29-25)24-12-11-19(2)18-20(24)3/h6-12,18,23H,5,13-17H2,1-4H3. The monoisotopic (exact) mass is 459 g/mol. The van der Waals surface area contributed by atoms with Crippen molar-refractivity contribution >= 4 is 11.8 Å². The molecule has 4 rings (SSSR count). The molecule has 0 saturated carbocycles. The second kappa shape index (κ2) is 10.2. The number of rotatable bonds is 6. The molecule has 3 aromatic rings. The van der Waals surface area contributed by atoms with E-state index in [0.29, 0.717) is 36.6 Å². The van der Waals surface area contributed by atoms with Crippen LogP contribution in [0.4, 0.5) is 0 Å². The number of nitrogens with zero attached hydrogens (tertiary/aromatic N) is 5. The van der Waals surface area contributed by atoms with E-state index in [9.17, 15) is 9.59 Å². The van der Waals surface area contributed by atoms with Crippen LogP contribution >= 0.6 is 0 Å². The minimum atomic E-state index is -0.0804. The predicted molar refractivity (Wildman–Crippen MR) is 132 cm³/mol. The zero-order valence-corrected chi connectivity index (χ0v) is 20.5. The molecule has 1 saturated heterocycles. The smallest absolute Gasteiger partial charge is 0.276 e. The van der Waals surface area contributed by atoms with Gasteiger partial charge in [0.05, 0.1) is 11.4 Å². The molecule has 0 aliphatic carbocycles. The number of hydrogen-bond donors (Lipinski definition) is 0. The molecular formula is C27H33N5O2. The highest BCUT2D eigenvalue weighted by atomic mass is 16.2. The fourth-order valence-electron chi connectivity index (χ4n) is 4.68. The number of aryl methyl sites for hydroxylation is 3. The van der Waals surface area contributed by atoms with E-state index < -0.39 is 0 Å². The molecule has 2 amide bonds. The first-order valence-electron chi connectivity index (χ1n) is 12.1. The molecule has 1 aliphatic rings. The topological polar surface area (TPSA) is 71.3 Å². The van der Waals surface area contributed by atoms with Gasteiger partial charge in [-0.05, 0) is 63.8 Å². The molecule has 1 fully saturated rings. The lowest BCUT2D eigenvalue weighted by Gasteiger charge is -2.38. The van der Waals surface area contributed by atoms with E-state index in [1.807, 2.05) is 66.1 Å². The molecule has 2 heterocycles. The summed E-state index contributed by atoms with van der Waals surface area (Å²) in [5.74, 6) is -0.0251. The third-order valence-electron chi connectivity index (χ3n) is 6.49. The summed E-state index contributed by atoms with van der Waals surface area (Å²) in [4.78, 5) is 31.8. The number of carbonyl (C=O) groups is 2. The Morgan fingerprint density at radius 2 is 1.71 bits per heavy atom. The summed E-state index contributed by atoms with van der Waals surface area (Å²) in [5.41, 5.74) is 4.85. The van der Waals surface area contributed by atoms with Gasteiger partial charge in [0.1, 0.15) is 0 Å². The third kappa shape index (κ3) is 4.88. The fraction of sp³-hybridized carbons (Fsp3) is 0.407. The first kappa shape index (κ1) is 23.7. The van der Waals surface area contributed by atoms with Crippen LogP contribution in [0.5, 0.6) is 0 Å². The Morgan fingerprint density at radius 1 is 1.00 bits per heavy atom. The predicted octanol–water partition coefficient (Wildman–Crippen LogP) is 4.35. The summed E-state index contributed by atoms with van der Waals surface area (Å²) in [6.45, 7) is 9.93. The first-order chi connectivity index (χ1) is 16.4. The lowest BCUT2D eigenvalue weighted by molar-refractivity contribution is 0.0514. The van der Waals surface area contributed by atoms with Crippen molar-refractivity contribution in [1.29, 1.82) is 0 Å². The van der Waals surface area contributed by atoms with Gasteiger partial charge in [0, 0.05) is 31.2 Å². The van der Waals surface area contributed by atoms with Gasteiger partial charge in [-0.2, -0.15) is 9.90 Å². The van der Waals surface area contributed by atoms with Crippen LogP contribution in [0, 0.1) is 20.8 Å². The number of benzene rings is 2. The van der Waals surface area contributed by atoms with Crippen LogP contribution in [0.25, 0.3) is 5.69 Å². The summed E-state index contributed by atoms with van der Waals surface area (Å²) in [5, 5.41) is 9.16. The van der Waals surface area contributed by atoms with Gasteiger partial charge in [0.15, 0.2) is 5.69 Å². The van der Waals surface area contributed by atoms with Crippen molar-refractivity contribution in [2.24, 2.45) is 0 Å². The van der Waals surface area contributed by atoms with Gasteiger partial charge in [0.2, 0.25) is 0 Å². The molecule has 0 radical (unpaired) electrons. The SMILES string of the molecule is CCCN(C(=O)c1nn(-c2ccc(C)cc2C)nc1C)C1CCN(C(=O)c2ccccc2)CC1. The first-order valence-corrected chi connectivity index (χ1v) is 12.1. The van der Waals surface area contributed by atoms with Gasteiger partial charge in [-0.1, -0.05) is 42.8 Å². The fourth-order valence-corrected chi connectivity index (χ4v) is 4.68. The molecule has 34 heavy (non-hydrogen) atoms. The number of amides is 2. The van der Waals surface area contributed by atoms with Crippen molar-refractivity contribution in [2.45, 2.75) is 53.0 Å². The summed E-state index contributed by atoms with van der Waals surface area (Å²) in [6, 6.07) is 15.6. The van der Waals surface area contributed by atoms with Gasteiger partial charge in [-0.3, -0.25) is 9.59 Å². The van der Waals surface area contributed by atoms with Crippen molar-refractivity contribution in [2.75, 3.05) is 19.6 Å². The van der Waals surface area contributed by atoms with Gasteiger partial charge in [-0.15, -0.1) is 5.10 Å². The molecule has 0 spiro atoms. The normalized spacial score (nSPS) is 14.3. The Labute approximate surface area is 201 Å². The molecule has 0 bridgehead atoms. The zero-order chi connectivity index (χ0) is 24.2. The highest BCUT2D eigenvalue weighted by molar-refractivity contribution is 5.94. The van der Waals surface area contributed by atoms with Gasteiger partial charge < -0.3 is 9.80 Å². The molecule has 7 heteroatoms. The van der Waals surface area contributed by atoms with E-state index in [2.05, 4.69) is 30.1 Å². The maximum Gasteiger partial charge on any atom is 0.276 e. The number of likely N-dealkylation sites (tertiary alicyclic amines) is 1. The highest BCUT2D eigenvalue weighted by Gasteiger charge is 2.32. The Hall–Kier alpha value is -3.48. The minimum absolute atomic E-state index is 0.0553. The largest absolute Gasteiger partial charge is 0.338 e. The van der Waals surface area contributed by atoms with Crippen LogP contribution < -0.4 is 0 Å². The van der Waals surface area contributed by atoms with Crippen LogP contribution in [0.1, 0.15) is 63.9 Å². The van der Waals surface area contributed by atoms with Crippen LogP contribution in [0.3, 0.4) is 0 Å². The lowest BCUT2D eigenvalue weighted by Crippen LogP contribution is -2.49. The van der Waals surface area contributed by atoms with Crippen molar-refractivity contribution in [3.8, 4) is 5.69 Å². The average molecular weight is 460 g/mol. The van der Waals surface area contributed by atoms with Crippen LogP contribution in [-0.4, -0.2) is 62.3 Å². The second-order valence-electron chi connectivity index (χ2n) is 9.10. The van der Waals surface area contributed by atoms with Crippen molar-refractivity contribution in [3.05, 3.63) is 76.6 Å². The van der Waals surface area contributed by atoms with E-state index in [1.165, 1.54) is 5.56 Å². The second-order valence-corrected chi connectivity index (χ2v) is 9.10. The number of carbonyl (C=O) groups excluding carboxylic acids is 2. The van der Waals surface area contributed by atoms with E-state index >= 15 is 0 Å². The van der Waals surface area contributed by atoms with Crippen LogP contribution in [0.2, 0.25) is 0 Å². The molecule has 7 nitrogen and oxygen atoms in total. The summed E-state index contributed by atoms with van der Waals surface area (Å²) >= 11 is 0. The van der Waals surface area contributed by atoms with Gasteiger partial charge in [-0.25, -0.2) is 0 Å². The van der Waals surface area contributed by atoms with Gasteiger partial charge in [0.25, 0.3) is 11.8 Å². The maximum atomic E-state index is 13.6. The Kier molecular flexibility index (Phi) is 7.10. The minimum Gasteiger partial charge on any atom is -0.338 e. The van der Waals surface area contributed by atoms with Crippen molar-refractivity contribution in [1.82, 2.24) is 24.8 Å². The molecule has 2 aromatic carbocycles. The molecule has 178 valence electrons. The molecule has 0 atom stereocenters. The average Bonchev–Trinajstić information content (AvgIpc) is 3.23. The Balaban J connectivity index is 1.49. The maximum absolute atomic E-state index is 13.6. The Morgan fingerprint density at radius 3 is 2.35 bits per heavy atom. The van der Waals surface area contributed by atoms with E-state index in [1.54, 1.807) is 4.80 Å². The highest BCUT2D eigenvalue weighted by Crippen LogP contribution is 2.22. The van der Waals surface area contributed by atoms with E-state index in [4.69, 9.17) is 0 Å². The third-order valence-corrected chi connectivity index (χ3v) is 6.49. The van der Waals surface area contributed by atoms with Gasteiger partial charge >= 0.3 is 0 Å². The quantitative estimate of drug-likeness (QED) is 0.549. The lowest BCUT2D eigenvalue weighted by atomic mass is 10.0. The van der Waals surface area contributed by atoms with E-state index in [0.717, 1.165) is 30.5 Å². The summed E-state index contributed by atoms with van der Waals surface area (Å²) in [7, 11) is 0. The van der Waals surface area contributed by atoms with Crippen LogP contribution in [0.15, 0.2) is 48.5 Å². The Bertz CT molecular complexity index is 1160. The van der Waals surface area contributed by atoms with Crippen LogP contribution in [-0.2, 0) is 0 Å². The zero-order valence-electron chi connectivity index (χ0n) is 20.5. The number of piperidine rings is 1. The van der Waals surface area contributed by atoms with Crippen molar-refractivity contribution in [3.63, 3.8) is 0 Å². The van der Waals surface area contributed by atoms with E-state index in [-0.39, 0.29) is 17.9 Å². The number of hydrogen-bond acceptors (Lipinski definition) is 4. The molecular weight excluding hydrogens is 426 g/mol. The molecule has 1 aromatic heterocycles. The molecule has 0 N–H and O–H groups in total. The summed E-state index contributed by atoms with van der Waals surface area (Å²) < 4.78 is 0. The summed E-state index contributed by atoms with van der Waals surface area (Å²) in [6.07, 6.45) is 2.38.